The van der Waals surface area contributed by atoms with E-state index in [1.807, 2.05) is 38.1 Å². The molecule has 0 saturated carbocycles. The molecule has 8 nitrogen and oxygen atoms in total. The van der Waals surface area contributed by atoms with Crippen molar-refractivity contribution < 1.29 is 23.7 Å². The summed E-state index contributed by atoms with van der Waals surface area (Å²) in [5.74, 6) is 3.71. The number of carbonyl (C=O) groups excluding carboxylic acids is 1. The molecule has 0 unspecified atom stereocenters. The summed E-state index contributed by atoms with van der Waals surface area (Å²) >= 11 is 5.61. The summed E-state index contributed by atoms with van der Waals surface area (Å²) in [5.41, 5.74) is 1.45. The molecule has 0 fully saturated rings. The van der Waals surface area contributed by atoms with Gasteiger partial charge in [0, 0.05) is 6.20 Å². The fourth-order valence-corrected chi connectivity index (χ4v) is 7.15. The average Bonchev–Trinajstić information content (AvgIpc) is 3.23. The number of halogens is 2. The molecule has 39 heavy (non-hydrogen) atoms. The van der Waals surface area contributed by atoms with Crippen molar-refractivity contribution in [1.82, 2.24) is 4.57 Å². The number of terminal acetylenes is 1. The molecule has 11 heteroatoms. The molecule has 0 amide bonds. The number of fused-ring (bicyclic) bond motifs is 1. The number of nitrogens with zero attached hydrogens (tertiary/aromatic N) is 2. The zero-order chi connectivity index (χ0) is 28.1. The lowest BCUT2D eigenvalue weighted by Gasteiger charge is -2.23. The van der Waals surface area contributed by atoms with Crippen molar-refractivity contribution in [2.45, 2.75) is 19.9 Å². The fourth-order valence-electron chi connectivity index (χ4n) is 4.05. The maximum atomic E-state index is 13.8. The summed E-state index contributed by atoms with van der Waals surface area (Å²) in [6.07, 6.45) is 8.60. The van der Waals surface area contributed by atoms with Crippen molar-refractivity contribution in [3.05, 3.63) is 80.1 Å². The van der Waals surface area contributed by atoms with E-state index in [4.69, 9.17) is 25.4 Å². The van der Waals surface area contributed by atoms with E-state index in [0.29, 0.717) is 45.4 Å². The lowest BCUT2D eigenvalue weighted by Crippen LogP contribution is -2.39. The van der Waals surface area contributed by atoms with Crippen LogP contribution in [0, 0.1) is 19.5 Å². The fraction of sp³-hybridized carbons (Fsp3) is 0.250. The summed E-state index contributed by atoms with van der Waals surface area (Å²) in [7, 11) is 1.30. The molecule has 4 rings (SSSR count). The average molecular weight is 770 g/mol. The molecule has 0 saturated heterocycles. The molecule has 1 aliphatic heterocycles. The van der Waals surface area contributed by atoms with Gasteiger partial charge in [-0.05, 0) is 100 Å². The number of methoxy groups -OCH3 is 1. The number of esters is 1. The third kappa shape index (κ3) is 6.17. The first-order valence-electron chi connectivity index (χ1n) is 11.9. The maximum Gasteiger partial charge on any atom is 0.337 e. The van der Waals surface area contributed by atoms with Crippen LogP contribution in [0.5, 0.6) is 17.2 Å². The minimum Gasteiger partial charge on any atom is -0.490 e. The molecule has 1 aromatic heterocycles. The predicted molar refractivity (Wildman–Crippen MR) is 166 cm³/mol. The Morgan fingerprint density at radius 2 is 1.82 bits per heavy atom. The number of rotatable bonds is 9. The summed E-state index contributed by atoms with van der Waals surface area (Å²) < 4.78 is 25.9. The number of hydrogen-bond donors (Lipinski definition) is 0. The van der Waals surface area contributed by atoms with Gasteiger partial charge in [-0.3, -0.25) is 9.36 Å². The highest BCUT2D eigenvalue weighted by atomic mass is 127. The van der Waals surface area contributed by atoms with Crippen LogP contribution in [0.3, 0.4) is 0 Å². The van der Waals surface area contributed by atoms with Gasteiger partial charge >= 0.3 is 5.97 Å². The SMILES string of the molecule is C#CCOc1c(I)cc(/C=c2\sc3n(c2=O)[C@H](c2ccc(OCC)c(OCC)c2)C(C(=O)OC)=CN=3)cc1I. The van der Waals surface area contributed by atoms with Gasteiger partial charge in [-0.25, -0.2) is 9.79 Å². The van der Waals surface area contributed by atoms with Crippen molar-refractivity contribution in [3.63, 3.8) is 0 Å². The van der Waals surface area contributed by atoms with Crippen LogP contribution in [0.1, 0.15) is 31.0 Å². The minimum atomic E-state index is -0.759. The zero-order valence-electron chi connectivity index (χ0n) is 21.3. The standard InChI is InChI=1S/C28H24I2N2O6S/c1-5-10-38-25-19(29)11-16(12-20(25)30)13-23-26(33)32-24(18(27(34)35-4)15-31-28(32)39-23)17-8-9-21(36-6-2)22(14-17)37-7-3/h1,8-9,11-15,24H,6-7,10H2,2-4H3/b23-13-/t24-/m1/s1. The number of aromatic nitrogens is 1. The first kappa shape index (κ1) is 29.2. The third-order valence-electron chi connectivity index (χ3n) is 5.63. The smallest absolute Gasteiger partial charge is 0.337 e. The molecule has 0 N–H and O–H groups in total. The number of benzene rings is 2. The molecule has 0 radical (unpaired) electrons. The molecule has 0 spiro atoms. The van der Waals surface area contributed by atoms with Crippen LogP contribution < -0.4 is 29.1 Å². The number of thiazole rings is 1. The Labute approximate surface area is 256 Å². The van der Waals surface area contributed by atoms with Crippen LogP contribution in [0.25, 0.3) is 6.08 Å². The van der Waals surface area contributed by atoms with Gasteiger partial charge < -0.3 is 18.9 Å². The lowest BCUT2D eigenvalue weighted by atomic mass is 9.97. The quantitative estimate of drug-likeness (QED) is 0.186. The third-order valence-corrected chi connectivity index (χ3v) is 8.23. The van der Waals surface area contributed by atoms with Crippen molar-refractivity contribution in [1.29, 1.82) is 0 Å². The van der Waals surface area contributed by atoms with Crippen molar-refractivity contribution in [2.75, 3.05) is 26.9 Å². The monoisotopic (exact) mass is 770 g/mol. The van der Waals surface area contributed by atoms with Gasteiger partial charge in [0.2, 0.25) is 0 Å². The Kier molecular flexibility index (Phi) is 9.73. The van der Waals surface area contributed by atoms with Gasteiger partial charge in [0.1, 0.15) is 12.4 Å². The predicted octanol–water partition coefficient (Wildman–Crippen LogP) is 4.04. The zero-order valence-corrected chi connectivity index (χ0v) is 26.5. The first-order chi connectivity index (χ1) is 18.8. The Hall–Kier alpha value is -2.83. The number of ether oxygens (including phenoxy) is 4. The van der Waals surface area contributed by atoms with Gasteiger partial charge in [-0.15, -0.1) is 6.42 Å². The van der Waals surface area contributed by atoms with Crippen molar-refractivity contribution >= 4 is 68.6 Å². The molecule has 0 aliphatic carbocycles. The highest BCUT2D eigenvalue weighted by Crippen LogP contribution is 2.35. The van der Waals surface area contributed by atoms with Gasteiger partial charge in [0.15, 0.2) is 16.3 Å². The first-order valence-corrected chi connectivity index (χ1v) is 14.8. The normalized spacial score (nSPS) is 14.5. The van der Waals surface area contributed by atoms with E-state index >= 15 is 0 Å². The largest absolute Gasteiger partial charge is 0.490 e. The second-order valence-electron chi connectivity index (χ2n) is 8.05. The molecule has 1 atom stereocenters. The van der Waals surface area contributed by atoms with Gasteiger partial charge in [0.05, 0.1) is 43.6 Å². The Bertz CT molecular complexity index is 1650. The Morgan fingerprint density at radius 3 is 2.46 bits per heavy atom. The van der Waals surface area contributed by atoms with E-state index in [0.717, 1.165) is 12.7 Å². The minimum absolute atomic E-state index is 0.170. The maximum absolute atomic E-state index is 13.8. The molecule has 1 aliphatic rings. The molecular weight excluding hydrogens is 746 g/mol. The molecule has 202 valence electrons. The van der Waals surface area contributed by atoms with Crippen LogP contribution in [0.2, 0.25) is 0 Å². The summed E-state index contributed by atoms with van der Waals surface area (Å²) in [4.78, 5) is 31.5. The number of carbonyl (C=O) groups is 1. The van der Waals surface area contributed by atoms with E-state index in [1.165, 1.54) is 29.2 Å². The lowest BCUT2D eigenvalue weighted by molar-refractivity contribution is -0.136. The van der Waals surface area contributed by atoms with Gasteiger partial charge in [-0.1, -0.05) is 23.3 Å². The topological polar surface area (TPSA) is 88.3 Å². The molecular formula is C28H24I2N2O6S. The van der Waals surface area contributed by atoms with Crippen LogP contribution in [-0.4, -0.2) is 37.5 Å². The molecule has 0 bridgehead atoms. The van der Waals surface area contributed by atoms with Crippen LogP contribution in [0.15, 0.2) is 51.9 Å². The summed E-state index contributed by atoms with van der Waals surface area (Å²) in [6.45, 7) is 4.83. The van der Waals surface area contributed by atoms with E-state index in [9.17, 15) is 9.59 Å². The summed E-state index contributed by atoms with van der Waals surface area (Å²) in [5, 5.41) is 0. The van der Waals surface area contributed by atoms with Crippen LogP contribution in [-0.2, 0) is 9.53 Å². The second kappa shape index (κ2) is 13.0. The van der Waals surface area contributed by atoms with Crippen LogP contribution >= 0.6 is 56.5 Å². The molecule has 3 aromatic rings. The van der Waals surface area contributed by atoms with Gasteiger partial charge in [-0.2, -0.15) is 0 Å². The van der Waals surface area contributed by atoms with Gasteiger partial charge in [0.25, 0.3) is 5.56 Å². The van der Waals surface area contributed by atoms with E-state index < -0.39 is 12.0 Å². The van der Waals surface area contributed by atoms with Crippen LogP contribution in [0.4, 0.5) is 0 Å². The van der Waals surface area contributed by atoms with Crippen molar-refractivity contribution in [3.8, 4) is 29.6 Å². The summed E-state index contributed by atoms with van der Waals surface area (Å²) in [6, 6.07) is 8.47. The Balaban J connectivity index is 1.87. The second-order valence-corrected chi connectivity index (χ2v) is 11.4. The molecule has 2 aromatic carbocycles. The van der Waals surface area contributed by atoms with Crippen molar-refractivity contribution in [2.24, 2.45) is 4.99 Å². The van der Waals surface area contributed by atoms with E-state index in [2.05, 4.69) is 56.1 Å². The highest BCUT2D eigenvalue weighted by molar-refractivity contribution is 14.1. The Morgan fingerprint density at radius 1 is 1.13 bits per heavy atom. The number of hydrogen-bond acceptors (Lipinski definition) is 8. The van der Waals surface area contributed by atoms with E-state index in [-0.39, 0.29) is 17.7 Å². The van der Waals surface area contributed by atoms with E-state index in [1.54, 1.807) is 12.1 Å². The highest BCUT2D eigenvalue weighted by Gasteiger charge is 2.31. The molecule has 2 heterocycles.